The molecule has 4 aromatic heterocycles. The molecule has 0 unspecified atom stereocenters. The number of benzene rings is 11. The summed E-state index contributed by atoms with van der Waals surface area (Å²) in [4.78, 5) is 15.8. The van der Waals surface area contributed by atoms with Gasteiger partial charge in [0.25, 0.3) is 0 Å². The van der Waals surface area contributed by atoms with Crippen molar-refractivity contribution < 1.29 is 4.42 Å². The smallest absolute Gasteiger partial charge is 0.164 e. The van der Waals surface area contributed by atoms with Crippen molar-refractivity contribution in [1.29, 1.82) is 0 Å². The minimum absolute atomic E-state index is 0.580. The van der Waals surface area contributed by atoms with Gasteiger partial charge < -0.3 is 8.98 Å². The summed E-state index contributed by atoms with van der Waals surface area (Å²) in [6, 6.07) is 82.3. The minimum atomic E-state index is 0.580. The first-order valence-electron chi connectivity index (χ1n) is 23.9. The van der Waals surface area contributed by atoms with Gasteiger partial charge in [0, 0.05) is 70.0 Å². The molecular formula is C65H38N4OS. The lowest BCUT2D eigenvalue weighted by Crippen LogP contribution is -2.00. The number of fused-ring (bicyclic) bond motifs is 11. The maximum atomic E-state index is 7.03. The van der Waals surface area contributed by atoms with Crippen LogP contribution in [-0.2, 0) is 0 Å². The van der Waals surface area contributed by atoms with Crippen LogP contribution in [0.1, 0.15) is 0 Å². The minimum Gasteiger partial charge on any atom is -0.456 e. The molecule has 0 bridgehead atoms. The van der Waals surface area contributed by atoms with Crippen LogP contribution in [0.15, 0.2) is 235 Å². The lowest BCUT2D eigenvalue weighted by atomic mass is 9.90. The van der Waals surface area contributed by atoms with E-state index in [1.807, 2.05) is 24.3 Å². The van der Waals surface area contributed by atoms with Crippen molar-refractivity contribution in [3.05, 3.63) is 231 Å². The zero-order valence-electron chi connectivity index (χ0n) is 38.0. The van der Waals surface area contributed by atoms with Crippen molar-refractivity contribution in [3.8, 4) is 62.1 Å². The van der Waals surface area contributed by atoms with Crippen molar-refractivity contribution in [1.82, 2.24) is 19.5 Å². The van der Waals surface area contributed by atoms with E-state index in [9.17, 15) is 0 Å². The lowest BCUT2D eigenvalue weighted by molar-refractivity contribution is 0.668. The predicted molar refractivity (Wildman–Crippen MR) is 297 cm³/mol. The van der Waals surface area contributed by atoms with Crippen molar-refractivity contribution in [3.63, 3.8) is 0 Å². The molecule has 11 aromatic carbocycles. The molecule has 15 rings (SSSR count). The number of para-hydroxylation sites is 1. The van der Waals surface area contributed by atoms with E-state index in [2.05, 4.69) is 211 Å². The lowest BCUT2D eigenvalue weighted by Gasteiger charge is -2.18. The van der Waals surface area contributed by atoms with Crippen molar-refractivity contribution in [2.24, 2.45) is 0 Å². The first kappa shape index (κ1) is 39.7. The highest BCUT2D eigenvalue weighted by atomic mass is 32.1. The predicted octanol–water partition coefficient (Wildman–Crippen LogP) is 17.9. The molecule has 0 saturated carbocycles. The second-order valence-electron chi connectivity index (χ2n) is 18.3. The SMILES string of the molecule is c1ccc(-c2nc(-c3ccc4c(c3)sc3ccccc34)nc(-c3cccc4oc5cc(-n6c7ccccc7c7cc8ccccc8cc76)c(-c6ccc(-c7ccccc7)c7ccccc67)cc5c34)n2)cc1. The van der Waals surface area contributed by atoms with E-state index in [1.54, 1.807) is 11.3 Å². The summed E-state index contributed by atoms with van der Waals surface area (Å²) in [5.74, 6) is 1.81. The molecule has 0 aliphatic carbocycles. The molecule has 5 nitrogen and oxygen atoms in total. The second-order valence-corrected chi connectivity index (χ2v) is 19.4. The second kappa shape index (κ2) is 15.7. The summed E-state index contributed by atoms with van der Waals surface area (Å²) in [5.41, 5.74) is 12.1. The Kier molecular flexibility index (Phi) is 8.76. The summed E-state index contributed by atoms with van der Waals surface area (Å²) >= 11 is 1.79. The van der Waals surface area contributed by atoms with Gasteiger partial charge in [0.05, 0.1) is 16.7 Å². The van der Waals surface area contributed by atoms with Gasteiger partial charge in [-0.15, -0.1) is 11.3 Å². The van der Waals surface area contributed by atoms with Crippen LogP contribution in [0.5, 0.6) is 0 Å². The maximum absolute atomic E-state index is 7.03. The van der Waals surface area contributed by atoms with Crippen LogP contribution in [0.3, 0.4) is 0 Å². The van der Waals surface area contributed by atoms with Gasteiger partial charge in [-0.25, -0.2) is 15.0 Å². The van der Waals surface area contributed by atoms with Gasteiger partial charge in [0.1, 0.15) is 11.2 Å². The van der Waals surface area contributed by atoms with Gasteiger partial charge in [-0.05, 0) is 80.7 Å². The number of rotatable bonds is 6. The van der Waals surface area contributed by atoms with Crippen LogP contribution in [-0.4, -0.2) is 19.5 Å². The third kappa shape index (κ3) is 6.28. The molecule has 0 radical (unpaired) electrons. The summed E-state index contributed by atoms with van der Waals surface area (Å²) < 4.78 is 11.9. The molecule has 0 aliphatic heterocycles. The molecule has 0 spiro atoms. The monoisotopic (exact) mass is 922 g/mol. The molecule has 4 heterocycles. The van der Waals surface area contributed by atoms with Crippen LogP contribution in [0, 0.1) is 0 Å². The highest BCUT2D eigenvalue weighted by Gasteiger charge is 2.24. The third-order valence-corrected chi connectivity index (χ3v) is 15.4. The first-order valence-corrected chi connectivity index (χ1v) is 24.7. The molecular weight excluding hydrogens is 885 g/mol. The van der Waals surface area contributed by atoms with Crippen LogP contribution in [0.25, 0.3) is 148 Å². The van der Waals surface area contributed by atoms with Gasteiger partial charge in [0.2, 0.25) is 0 Å². The topological polar surface area (TPSA) is 56.7 Å². The normalized spacial score (nSPS) is 11.9. The summed E-state index contributed by atoms with van der Waals surface area (Å²) in [6.07, 6.45) is 0. The summed E-state index contributed by atoms with van der Waals surface area (Å²) in [5, 5.41) is 11.6. The van der Waals surface area contributed by atoms with Crippen LogP contribution >= 0.6 is 11.3 Å². The number of furan rings is 1. The Morgan fingerprint density at radius 1 is 0.324 bits per heavy atom. The van der Waals surface area contributed by atoms with Gasteiger partial charge >= 0.3 is 0 Å². The van der Waals surface area contributed by atoms with Crippen LogP contribution in [0.4, 0.5) is 0 Å². The average molecular weight is 923 g/mol. The fraction of sp³-hybridized carbons (Fsp3) is 0. The average Bonchev–Trinajstić information content (AvgIpc) is 4.11. The number of aromatic nitrogens is 4. The Morgan fingerprint density at radius 3 is 1.77 bits per heavy atom. The van der Waals surface area contributed by atoms with Crippen molar-refractivity contribution in [2.75, 3.05) is 0 Å². The van der Waals surface area contributed by atoms with E-state index in [4.69, 9.17) is 19.4 Å². The molecule has 0 aliphatic rings. The van der Waals surface area contributed by atoms with E-state index >= 15 is 0 Å². The molecule has 330 valence electrons. The maximum Gasteiger partial charge on any atom is 0.164 e. The van der Waals surface area contributed by atoms with Crippen LogP contribution in [0.2, 0.25) is 0 Å². The Bertz CT molecular complexity index is 4640. The Morgan fingerprint density at radius 2 is 0.958 bits per heavy atom. The van der Waals surface area contributed by atoms with E-state index in [0.29, 0.717) is 17.5 Å². The highest BCUT2D eigenvalue weighted by molar-refractivity contribution is 7.25. The highest BCUT2D eigenvalue weighted by Crippen LogP contribution is 2.46. The Labute approximate surface area is 411 Å². The largest absolute Gasteiger partial charge is 0.456 e. The fourth-order valence-electron chi connectivity index (χ4n) is 11.0. The first-order chi connectivity index (χ1) is 35.2. The standard InChI is InChI=1S/C65H38N4OS/c1-3-16-39(17-4-1)44-32-33-47(46-23-10-9-22-45(44)46)53-37-54-59(38-57(53)69-55-27-13-11-24-48(55)52-34-41-20-7-8-21-42(41)35-56(52)69)70-58-28-15-26-51(62(54)58)65-67-63(40-18-5-2-6-19-40)66-64(68-65)43-30-31-50-49-25-12-14-29-60(49)71-61(50)36-43/h1-38H. The zero-order chi connectivity index (χ0) is 46.6. The molecule has 0 fully saturated rings. The fourth-order valence-corrected chi connectivity index (χ4v) is 12.1. The molecule has 71 heavy (non-hydrogen) atoms. The van der Waals surface area contributed by atoms with Gasteiger partial charge in [-0.3, -0.25) is 0 Å². The van der Waals surface area contributed by atoms with Crippen molar-refractivity contribution >= 4 is 96.8 Å². The Hall–Kier alpha value is -9.23. The number of thiophene rings is 1. The van der Waals surface area contributed by atoms with Gasteiger partial charge in [-0.1, -0.05) is 182 Å². The quantitative estimate of drug-likeness (QED) is 0.167. The molecule has 0 amide bonds. The van der Waals surface area contributed by atoms with E-state index < -0.39 is 0 Å². The van der Waals surface area contributed by atoms with Gasteiger partial charge in [-0.2, -0.15) is 0 Å². The molecule has 0 N–H and O–H groups in total. The van der Waals surface area contributed by atoms with E-state index in [-0.39, 0.29) is 0 Å². The van der Waals surface area contributed by atoms with Gasteiger partial charge in [0.15, 0.2) is 17.5 Å². The molecule has 6 heteroatoms. The summed E-state index contributed by atoms with van der Waals surface area (Å²) in [6.45, 7) is 0. The number of nitrogens with zero attached hydrogens (tertiary/aromatic N) is 4. The van der Waals surface area contributed by atoms with Crippen molar-refractivity contribution in [2.45, 2.75) is 0 Å². The number of hydrogen-bond donors (Lipinski definition) is 0. The summed E-state index contributed by atoms with van der Waals surface area (Å²) in [7, 11) is 0. The number of hydrogen-bond acceptors (Lipinski definition) is 5. The molecule has 0 atom stereocenters. The van der Waals surface area contributed by atoms with Crippen LogP contribution < -0.4 is 0 Å². The van der Waals surface area contributed by atoms with E-state index in [0.717, 1.165) is 66.5 Å². The molecule has 0 saturated heterocycles. The Balaban J connectivity index is 1.02. The van der Waals surface area contributed by atoms with E-state index in [1.165, 1.54) is 63.6 Å². The third-order valence-electron chi connectivity index (χ3n) is 14.2. The molecule has 15 aromatic rings. The zero-order valence-corrected chi connectivity index (χ0v) is 38.9.